The molecule has 0 amide bonds. The zero-order valence-electron chi connectivity index (χ0n) is 12.3. The van der Waals surface area contributed by atoms with Crippen LogP contribution in [0.1, 0.15) is 45.2 Å². The maximum absolute atomic E-state index is 9.36. The van der Waals surface area contributed by atoms with Crippen molar-refractivity contribution in [2.75, 3.05) is 0 Å². The molecule has 0 heterocycles. The molecule has 1 heteroatoms. The normalized spacial score (nSPS) is 12.4. The van der Waals surface area contributed by atoms with Gasteiger partial charge in [0.05, 0.1) is 5.76 Å². The lowest BCUT2D eigenvalue weighted by atomic mass is 9.92. The van der Waals surface area contributed by atoms with Crippen molar-refractivity contribution in [2.45, 2.75) is 41.0 Å². The fourth-order valence-electron chi connectivity index (χ4n) is 1.76. The quantitative estimate of drug-likeness (QED) is 0.693. The van der Waals surface area contributed by atoms with Crippen molar-refractivity contribution in [1.29, 1.82) is 0 Å². The van der Waals surface area contributed by atoms with Gasteiger partial charge in [-0.3, -0.25) is 0 Å². The van der Waals surface area contributed by atoms with Crippen molar-refractivity contribution in [3.63, 3.8) is 0 Å². The summed E-state index contributed by atoms with van der Waals surface area (Å²) in [4.78, 5) is 0. The molecule has 0 aromatic heterocycles. The highest BCUT2D eigenvalue weighted by Crippen LogP contribution is 2.27. The van der Waals surface area contributed by atoms with Crippen LogP contribution in [-0.4, -0.2) is 5.11 Å². The maximum Gasteiger partial charge on any atom is 0.0882 e. The number of rotatable bonds is 4. The summed E-state index contributed by atoms with van der Waals surface area (Å²) < 4.78 is 0. The van der Waals surface area contributed by atoms with Crippen molar-refractivity contribution in [3.8, 4) is 0 Å². The van der Waals surface area contributed by atoms with E-state index in [9.17, 15) is 5.11 Å². The third kappa shape index (κ3) is 4.79. The summed E-state index contributed by atoms with van der Waals surface area (Å²) in [6.07, 6.45) is 2.94. The van der Waals surface area contributed by atoms with Crippen LogP contribution in [0.15, 0.2) is 42.7 Å². The van der Waals surface area contributed by atoms with E-state index in [1.807, 2.05) is 39.8 Å². The molecule has 0 aliphatic rings. The van der Waals surface area contributed by atoms with Crippen LogP contribution in [0.2, 0.25) is 0 Å². The lowest BCUT2D eigenvalue weighted by molar-refractivity contribution is 0.346. The van der Waals surface area contributed by atoms with E-state index in [2.05, 4.69) is 31.7 Å². The molecule has 0 aliphatic heterocycles. The summed E-state index contributed by atoms with van der Waals surface area (Å²) in [6.45, 7) is 13.7. The molecule has 1 nitrogen and oxygen atoms in total. The molecule has 0 spiro atoms. The molecular formula is C17H26O. The number of hydrogen-bond donors (Lipinski definition) is 1. The summed E-state index contributed by atoms with van der Waals surface area (Å²) in [5.41, 5.74) is 3.80. The van der Waals surface area contributed by atoms with E-state index in [0.29, 0.717) is 0 Å². The first-order valence-electron chi connectivity index (χ1n) is 6.65. The molecule has 0 aliphatic carbocycles. The van der Waals surface area contributed by atoms with E-state index in [4.69, 9.17) is 0 Å². The molecule has 1 rings (SSSR count). The first kappa shape index (κ1) is 16.5. The highest BCUT2D eigenvalue weighted by Gasteiger charge is 2.10. The molecule has 100 valence electrons. The van der Waals surface area contributed by atoms with Gasteiger partial charge in [-0.25, -0.2) is 0 Å². The van der Waals surface area contributed by atoms with Crippen LogP contribution < -0.4 is 0 Å². The predicted octanol–water partition coefficient (Wildman–Crippen LogP) is 5.52. The highest BCUT2D eigenvalue weighted by atomic mass is 16.3. The second kappa shape index (κ2) is 8.57. The van der Waals surface area contributed by atoms with Gasteiger partial charge in [-0.15, -0.1) is 0 Å². The molecule has 1 aromatic carbocycles. The van der Waals surface area contributed by atoms with Gasteiger partial charge in [-0.2, -0.15) is 0 Å². The van der Waals surface area contributed by atoms with Crippen LogP contribution in [0.5, 0.6) is 0 Å². The number of allylic oxidation sites excluding steroid dienone is 3. The van der Waals surface area contributed by atoms with E-state index in [-0.39, 0.29) is 11.7 Å². The van der Waals surface area contributed by atoms with Gasteiger partial charge < -0.3 is 5.11 Å². The molecule has 0 radical (unpaired) electrons. The monoisotopic (exact) mass is 246 g/mol. The molecule has 0 saturated carbocycles. The number of hydrogen-bond acceptors (Lipinski definition) is 1. The molecule has 0 saturated heterocycles. The lowest BCUT2D eigenvalue weighted by Crippen LogP contribution is -2.00. The molecule has 1 aromatic rings. The van der Waals surface area contributed by atoms with E-state index >= 15 is 0 Å². The Bertz CT molecular complexity index is 402. The van der Waals surface area contributed by atoms with E-state index in [0.717, 1.165) is 6.42 Å². The number of aryl methyl sites for hydroxylation is 1. The number of aliphatic hydroxyl groups excluding tert-OH is 1. The van der Waals surface area contributed by atoms with Gasteiger partial charge in [0.1, 0.15) is 0 Å². The molecule has 1 N–H and O–H groups in total. The fourth-order valence-corrected chi connectivity index (χ4v) is 1.76. The van der Waals surface area contributed by atoms with Crippen LogP contribution in [0.3, 0.4) is 0 Å². The van der Waals surface area contributed by atoms with E-state index in [1.165, 1.54) is 16.7 Å². The minimum atomic E-state index is 0.103. The maximum atomic E-state index is 9.36. The Balaban J connectivity index is 0.00000137. The summed E-state index contributed by atoms with van der Waals surface area (Å²) in [5.74, 6) is 0.360. The Kier molecular flexibility index (Phi) is 7.86. The smallest absolute Gasteiger partial charge is 0.0882 e. The van der Waals surface area contributed by atoms with Gasteiger partial charge in [-0.05, 0) is 37.0 Å². The molecular weight excluding hydrogens is 220 g/mol. The van der Waals surface area contributed by atoms with E-state index in [1.54, 1.807) is 0 Å². The Morgan fingerprint density at radius 2 is 1.89 bits per heavy atom. The summed E-state index contributed by atoms with van der Waals surface area (Å²) >= 11 is 0. The fraction of sp³-hybridized carbons (Fsp3) is 0.412. The number of aliphatic hydroxyl groups is 1. The standard InChI is InChI=1S/C15H20O.C2H6/c1-5-14(10-12(3)13(4)16)15-9-7-6-8-11(15)2;1-2/h5-9,12,16H,4,10H2,1-3H3;1-2H3/b14-5-;. The Morgan fingerprint density at radius 3 is 2.33 bits per heavy atom. The minimum Gasteiger partial charge on any atom is -0.513 e. The minimum absolute atomic E-state index is 0.103. The summed E-state index contributed by atoms with van der Waals surface area (Å²) in [5, 5.41) is 9.36. The SMILES string of the molecule is C=C(O)C(C)C/C(=C/C)c1ccccc1C.CC. The second-order valence-electron chi connectivity index (χ2n) is 4.23. The van der Waals surface area contributed by atoms with Gasteiger partial charge >= 0.3 is 0 Å². The predicted molar refractivity (Wildman–Crippen MR) is 81.7 cm³/mol. The zero-order valence-corrected chi connectivity index (χ0v) is 12.3. The van der Waals surface area contributed by atoms with Gasteiger partial charge in [0.15, 0.2) is 0 Å². The molecule has 1 atom stereocenters. The third-order valence-corrected chi connectivity index (χ3v) is 2.93. The highest BCUT2D eigenvalue weighted by molar-refractivity contribution is 5.68. The molecule has 1 unspecified atom stereocenters. The van der Waals surface area contributed by atoms with Crippen molar-refractivity contribution in [1.82, 2.24) is 0 Å². The van der Waals surface area contributed by atoms with Crippen LogP contribution in [0.25, 0.3) is 5.57 Å². The summed E-state index contributed by atoms with van der Waals surface area (Å²) in [6, 6.07) is 8.32. The molecule has 0 fully saturated rings. The second-order valence-corrected chi connectivity index (χ2v) is 4.23. The Morgan fingerprint density at radius 1 is 1.33 bits per heavy atom. The lowest BCUT2D eigenvalue weighted by Gasteiger charge is -2.15. The molecule has 18 heavy (non-hydrogen) atoms. The average molecular weight is 246 g/mol. The van der Waals surface area contributed by atoms with Crippen LogP contribution >= 0.6 is 0 Å². The Labute approximate surface area is 112 Å². The third-order valence-electron chi connectivity index (χ3n) is 2.93. The Hall–Kier alpha value is -1.50. The number of benzene rings is 1. The van der Waals surface area contributed by atoms with Crippen molar-refractivity contribution in [3.05, 3.63) is 53.8 Å². The van der Waals surface area contributed by atoms with E-state index < -0.39 is 0 Å². The first-order chi connectivity index (χ1) is 8.56. The van der Waals surface area contributed by atoms with Gasteiger partial charge in [0.25, 0.3) is 0 Å². The topological polar surface area (TPSA) is 20.2 Å². The zero-order chi connectivity index (χ0) is 14.1. The largest absolute Gasteiger partial charge is 0.513 e. The van der Waals surface area contributed by atoms with Crippen molar-refractivity contribution in [2.24, 2.45) is 5.92 Å². The van der Waals surface area contributed by atoms with Gasteiger partial charge in [-0.1, -0.05) is 57.7 Å². The average Bonchev–Trinajstić information content (AvgIpc) is 2.39. The molecule has 0 bridgehead atoms. The van der Waals surface area contributed by atoms with Crippen molar-refractivity contribution >= 4 is 5.57 Å². The van der Waals surface area contributed by atoms with Gasteiger partial charge in [0, 0.05) is 5.92 Å². The first-order valence-corrected chi connectivity index (χ1v) is 6.65. The van der Waals surface area contributed by atoms with Gasteiger partial charge in [0.2, 0.25) is 0 Å². The van der Waals surface area contributed by atoms with Crippen molar-refractivity contribution < 1.29 is 5.11 Å². The van der Waals surface area contributed by atoms with Crippen LogP contribution in [-0.2, 0) is 0 Å². The van der Waals surface area contributed by atoms with Crippen LogP contribution in [0, 0.1) is 12.8 Å². The van der Waals surface area contributed by atoms with Crippen LogP contribution in [0.4, 0.5) is 0 Å². The summed E-state index contributed by atoms with van der Waals surface area (Å²) in [7, 11) is 0.